The molecule has 2 aromatic heterocycles. The van der Waals surface area contributed by atoms with Crippen molar-refractivity contribution in [3.63, 3.8) is 0 Å². The number of fused-ring (bicyclic) bond motifs is 1. The lowest BCUT2D eigenvalue weighted by atomic mass is 9.93. The average Bonchev–Trinajstić information content (AvgIpc) is 3.31. The molecule has 0 saturated carbocycles. The van der Waals surface area contributed by atoms with Gasteiger partial charge >= 0.3 is 0 Å². The monoisotopic (exact) mass is 511 g/mol. The lowest BCUT2D eigenvalue weighted by molar-refractivity contribution is -0.132. The number of amides is 1. The maximum absolute atomic E-state index is 13.3. The van der Waals surface area contributed by atoms with E-state index in [1.807, 2.05) is 11.0 Å². The molecule has 5 rings (SSSR count). The van der Waals surface area contributed by atoms with Crippen molar-refractivity contribution in [2.45, 2.75) is 50.6 Å². The Bertz CT molecular complexity index is 1360. The van der Waals surface area contributed by atoms with Crippen molar-refractivity contribution in [3.05, 3.63) is 84.2 Å². The molecule has 4 aromatic rings. The van der Waals surface area contributed by atoms with Gasteiger partial charge in [-0.25, -0.2) is 4.98 Å². The number of pyridine rings is 1. The number of nitrogen functional groups attached to an aromatic ring is 1. The molecular formula is C31H37N5O2. The Balaban J connectivity index is 1.21. The molecule has 1 saturated heterocycles. The molecule has 1 aliphatic rings. The summed E-state index contributed by atoms with van der Waals surface area (Å²) in [7, 11) is 0. The van der Waals surface area contributed by atoms with E-state index < -0.39 is 0 Å². The fraction of sp³-hybridized carbons (Fsp3) is 0.355. The predicted molar refractivity (Wildman–Crippen MR) is 153 cm³/mol. The molecule has 5 N–H and O–H groups in total. The fourth-order valence-electron chi connectivity index (χ4n) is 5.63. The van der Waals surface area contributed by atoms with Crippen LogP contribution in [0.2, 0.25) is 0 Å². The Morgan fingerprint density at radius 1 is 1.08 bits per heavy atom. The number of hydrogen-bond acceptors (Lipinski definition) is 5. The Morgan fingerprint density at radius 3 is 2.63 bits per heavy atom. The van der Waals surface area contributed by atoms with Gasteiger partial charge in [0.25, 0.3) is 0 Å². The van der Waals surface area contributed by atoms with E-state index in [0.717, 1.165) is 42.6 Å². The van der Waals surface area contributed by atoms with Crippen molar-refractivity contribution < 1.29 is 9.90 Å². The zero-order valence-corrected chi connectivity index (χ0v) is 21.8. The number of nitrogens with zero attached hydrogens (tertiary/aromatic N) is 3. The summed E-state index contributed by atoms with van der Waals surface area (Å²) in [4.78, 5) is 19.4. The highest BCUT2D eigenvalue weighted by molar-refractivity contribution is 5.82. The van der Waals surface area contributed by atoms with E-state index in [-0.39, 0.29) is 24.5 Å². The van der Waals surface area contributed by atoms with E-state index >= 15 is 0 Å². The number of nitrogens with two attached hydrogens (primary N) is 2. The van der Waals surface area contributed by atoms with Gasteiger partial charge in [-0.05, 0) is 66.5 Å². The van der Waals surface area contributed by atoms with Gasteiger partial charge in [-0.1, -0.05) is 42.5 Å². The number of aliphatic hydroxyl groups is 1. The van der Waals surface area contributed by atoms with Crippen molar-refractivity contribution in [2.75, 3.05) is 25.4 Å². The Labute approximate surface area is 224 Å². The summed E-state index contributed by atoms with van der Waals surface area (Å²) >= 11 is 0. The van der Waals surface area contributed by atoms with E-state index in [2.05, 4.69) is 64.1 Å². The second-order valence-electron chi connectivity index (χ2n) is 10.4. The van der Waals surface area contributed by atoms with Crippen LogP contribution >= 0.6 is 0 Å². The van der Waals surface area contributed by atoms with Gasteiger partial charge in [0.2, 0.25) is 5.91 Å². The minimum absolute atomic E-state index is 0.129. The van der Waals surface area contributed by atoms with Gasteiger partial charge in [-0.2, -0.15) is 0 Å². The summed E-state index contributed by atoms with van der Waals surface area (Å²) in [5.41, 5.74) is 17.8. The smallest absolute Gasteiger partial charge is 0.224 e. The number of rotatable bonds is 9. The summed E-state index contributed by atoms with van der Waals surface area (Å²) in [6, 6.07) is 22.4. The van der Waals surface area contributed by atoms with Crippen molar-refractivity contribution in [1.29, 1.82) is 0 Å². The molecule has 0 spiro atoms. The quantitative estimate of drug-likeness (QED) is 0.310. The summed E-state index contributed by atoms with van der Waals surface area (Å²) < 4.78 is 2.33. The van der Waals surface area contributed by atoms with E-state index in [0.29, 0.717) is 31.6 Å². The highest BCUT2D eigenvalue weighted by Crippen LogP contribution is 2.32. The second-order valence-corrected chi connectivity index (χ2v) is 10.4. The zero-order chi connectivity index (χ0) is 26.5. The molecule has 7 heteroatoms. The van der Waals surface area contributed by atoms with Crippen molar-refractivity contribution in [3.8, 4) is 11.1 Å². The molecule has 1 aliphatic heterocycles. The van der Waals surface area contributed by atoms with Crippen molar-refractivity contribution >= 4 is 22.6 Å². The molecule has 1 fully saturated rings. The maximum Gasteiger partial charge on any atom is 0.224 e. The number of hydrogen-bond donors (Lipinski definition) is 3. The first-order valence-corrected chi connectivity index (χ1v) is 13.5. The standard InChI is InChI=1S/C31H37N5O2/c32-27(17-22-8-10-23(11-9-22)25-12-13-30(33)34-20-25)19-31(38)35-14-3-6-26(21-35)29-18-24-5-1-2-7-28(24)36(29)15-4-16-37/h1-2,5,7-13,18,20,26-27,37H,3-4,6,14-17,19,21,32H2,(H2,33,34). The first-order chi connectivity index (χ1) is 18.5. The number of likely N-dealkylation sites (tertiary alicyclic amines) is 1. The maximum atomic E-state index is 13.3. The first kappa shape index (κ1) is 25.9. The van der Waals surface area contributed by atoms with Gasteiger partial charge in [0.15, 0.2) is 0 Å². The molecule has 2 unspecified atom stereocenters. The number of para-hydroxylation sites is 1. The summed E-state index contributed by atoms with van der Waals surface area (Å²) in [5, 5.41) is 10.6. The van der Waals surface area contributed by atoms with E-state index in [1.54, 1.807) is 12.3 Å². The molecule has 0 radical (unpaired) electrons. The van der Waals surface area contributed by atoms with Crippen LogP contribution in [0.3, 0.4) is 0 Å². The van der Waals surface area contributed by atoms with Crippen LogP contribution in [-0.4, -0.2) is 51.2 Å². The highest BCUT2D eigenvalue weighted by Gasteiger charge is 2.28. The molecular weight excluding hydrogens is 474 g/mol. The summed E-state index contributed by atoms with van der Waals surface area (Å²) in [5.74, 6) is 0.917. The van der Waals surface area contributed by atoms with Gasteiger partial charge in [0, 0.05) is 67.6 Å². The first-order valence-electron chi connectivity index (χ1n) is 13.5. The number of aliphatic hydroxyl groups excluding tert-OH is 1. The SMILES string of the molecule is Nc1ccc(-c2ccc(CC(N)CC(=O)N3CCCC(c4cc5ccccc5n4CCCO)C3)cc2)cn1. The summed E-state index contributed by atoms with van der Waals surface area (Å²) in [6.07, 6.45) is 5.51. The topological polar surface area (TPSA) is 110 Å². The largest absolute Gasteiger partial charge is 0.396 e. The number of piperidine rings is 1. The van der Waals surface area contributed by atoms with Crippen LogP contribution in [0.5, 0.6) is 0 Å². The molecule has 1 amide bonds. The van der Waals surface area contributed by atoms with Crippen LogP contribution in [-0.2, 0) is 17.8 Å². The lowest BCUT2D eigenvalue weighted by Crippen LogP contribution is -2.42. The minimum Gasteiger partial charge on any atom is -0.396 e. The van der Waals surface area contributed by atoms with E-state index in [1.165, 1.54) is 16.6 Å². The molecule has 198 valence electrons. The Hall–Kier alpha value is -3.68. The van der Waals surface area contributed by atoms with Crippen LogP contribution in [0.1, 0.15) is 42.9 Å². The van der Waals surface area contributed by atoms with Gasteiger partial charge in [0.1, 0.15) is 5.82 Å². The van der Waals surface area contributed by atoms with Crippen LogP contribution in [0, 0.1) is 0 Å². The normalized spacial score (nSPS) is 16.6. The van der Waals surface area contributed by atoms with Gasteiger partial charge in [-0.3, -0.25) is 4.79 Å². The van der Waals surface area contributed by atoms with Gasteiger partial charge < -0.3 is 26.0 Å². The third kappa shape index (κ3) is 5.90. The molecule has 2 atom stereocenters. The average molecular weight is 512 g/mol. The number of carbonyl (C=O) groups excluding carboxylic acids is 1. The zero-order valence-electron chi connectivity index (χ0n) is 21.8. The minimum atomic E-state index is -0.233. The third-order valence-corrected chi connectivity index (χ3v) is 7.58. The predicted octanol–water partition coefficient (Wildman–Crippen LogP) is 4.33. The van der Waals surface area contributed by atoms with Crippen LogP contribution in [0.25, 0.3) is 22.0 Å². The second kappa shape index (κ2) is 11.8. The lowest BCUT2D eigenvalue weighted by Gasteiger charge is -2.34. The van der Waals surface area contributed by atoms with Gasteiger partial charge in [0.05, 0.1) is 0 Å². The number of anilines is 1. The van der Waals surface area contributed by atoms with Crippen molar-refractivity contribution in [2.24, 2.45) is 5.73 Å². The van der Waals surface area contributed by atoms with Crippen LogP contribution in [0.4, 0.5) is 5.82 Å². The fourth-order valence-corrected chi connectivity index (χ4v) is 5.63. The Kier molecular flexibility index (Phi) is 8.05. The highest BCUT2D eigenvalue weighted by atomic mass is 16.3. The third-order valence-electron chi connectivity index (χ3n) is 7.58. The molecule has 3 heterocycles. The number of aromatic nitrogens is 2. The molecule has 0 bridgehead atoms. The van der Waals surface area contributed by atoms with Gasteiger partial charge in [-0.15, -0.1) is 0 Å². The molecule has 2 aromatic carbocycles. The Morgan fingerprint density at radius 2 is 1.87 bits per heavy atom. The van der Waals surface area contributed by atoms with E-state index in [4.69, 9.17) is 11.5 Å². The number of aryl methyl sites for hydroxylation is 1. The van der Waals surface area contributed by atoms with Crippen LogP contribution < -0.4 is 11.5 Å². The molecule has 38 heavy (non-hydrogen) atoms. The van der Waals surface area contributed by atoms with Crippen LogP contribution in [0.15, 0.2) is 72.9 Å². The summed E-state index contributed by atoms with van der Waals surface area (Å²) in [6.45, 7) is 2.44. The molecule has 7 nitrogen and oxygen atoms in total. The van der Waals surface area contributed by atoms with Crippen molar-refractivity contribution in [1.82, 2.24) is 14.5 Å². The number of carbonyl (C=O) groups is 1. The number of benzene rings is 2. The molecule has 0 aliphatic carbocycles. The van der Waals surface area contributed by atoms with E-state index in [9.17, 15) is 9.90 Å².